The van der Waals surface area contributed by atoms with Crippen LogP contribution in [-0.2, 0) is 0 Å². The molecule has 0 aliphatic rings. The van der Waals surface area contributed by atoms with Crippen molar-refractivity contribution in [1.82, 2.24) is 0 Å². The summed E-state index contributed by atoms with van der Waals surface area (Å²) in [6.45, 7) is 0.309. The summed E-state index contributed by atoms with van der Waals surface area (Å²) in [5.41, 5.74) is 4.00. The van der Waals surface area contributed by atoms with Gasteiger partial charge in [0.2, 0.25) is 6.71 Å². The molecule has 0 aliphatic heterocycles. The second-order valence-electron chi connectivity index (χ2n) is 4.67. The van der Waals surface area contributed by atoms with E-state index in [1.165, 1.54) is 16.4 Å². The molecule has 0 atom stereocenters. The van der Waals surface area contributed by atoms with E-state index < -0.39 is 0 Å². The first-order valence-corrected chi connectivity index (χ1v) is 6.60. The van der Waals surface area contributed by atoms with Crippen molar-refractivity contribution in [3.05, 3.63) is 91.0 Å². The Morgan fingerprint density at radius 3 is 0.900 bits per heavy atom. The average molecular weight is 281 g/mol. The topological polar surface area (TPSA) is 0 Å². The van der Waals surface area contributed by atoms with Gasteiger partial charge in [-0.05, 0) is 0 Å². The third kappa shape index (κ3) is 3.72. The van der Waals surface area contributed by atoms with E-state index in [2.05, 4.69) is 91.0 Å². The van der Waals surface area contributed by atoms with Gasteiger partial charge in [-0.2, -0.15) is 0 Å². The fourth-order valence-corrected chi connectivity index (χ4v) is 2.51. The monoisotopic (exact) mass is 281 g/mol. The van der Waals surface area contributed by atoms with Gasteiger partial charge in [-0.25, -0.2) is 0 Å². The van der Waals surface area contributed by atoms with Crippen molar-refractivity contribution in [2.24, 2.45) is 0 Å². The first-order chi connectivity index (χ1) is 9.45. The summed E-state index contributed by atoms with van der Waals surface area (Å²) < 4.78 is 0. The summed E-state index contributed by atoms with van der Waals surface area (Å²) in [6, 6.07) is 32.0. The average Bonchev–Trinajstić information content (AvgIpc) is 2.51. The summed E-state index contributed by atoms with van der Waals surface area (Å²) in [5, 5.41) is 0. The molecule has 0 unspecified atom stereocenters. The molecule has 0 aromatic heterocycles. The third-order valence-corrected chi connectivity index (χ3v) is 3.40. The van der Waals surface area contributed by atoms with Gasteiger partial charge in [0.1, 0.15) is 0 Å². The summed E-state index contributed by atoms with van der Waals surface area (Å²) >= 11 is 0. The predicted octanol–water partition coefficient (Wildman–Crippen LogP) is 1.82. The van der Waals surface area contributed by atoms with E-state index in [4.69, 9.17) is 0 Å². The van der Waals surface area contributed by atoms with Gasteiger partial charge in [0.05, 0.1) is 0 Å². The fourth-order valence-electron chi connectivity index (χ4n) is 2.51. The predicted molar refractivity (Wildman–Crippen MR) is 89.7 cm³/mol. The largest absolute Gasteiger partial charge is 0.241 e. The Labute approximate surface area is 163 Å². The van der Waals surface area contributed by atoms with E-state index in [9.17, 15) is 0 Å². The molecular weight excluding hydrogens is 266 g/mol. The Morgan fingerprint density at radius 2 is 0.650 bits per heavy atom. The molecule has 3 aromatic carbocycles. The van der Waals surface area contributed by atoms with Gasteiger partial charge < -0.3 is 0 Å². The van der Waals surface area contributed by atoms with Crippen molar-refractivity contribution in [3.8, 4) is 0 Å². The number of rotatable bonds is 3. The zero-order valence-corrected chi connectivity index (χ0v) is 14.9. The van der Waals surface area contributed by atoms with Gasteiger partial charge in [0, 0.05) is 51.4 Å². The van der Waals surface area contributed by atoms with Crippen molar-refractivity contribution in [2.75, 3.05) is 0 Å². The van der Waals surface area contributed by atoms with Crippen LogP contribution in [0.25, 0.3) is 0 Å². The number of benzene rings is 3. The summed E-state index contributed by atoms with van der Waals surface area (Å²) in [7, 11) is 0. The molecule has 20 heavy (non-hydrogen) atoms. The molecule has 0 N–H and O–H groups in total. The Morgan fingerprint density at radius 1 is 0.400 bits per heavy atom. The van der Waals surface area contributed by atoms with Crippen LogP contribution in [0, 0.1) is 0 Å². The van der Waals surface area contributed by atoms with Gasteiger partial charge in [-0.1, -0.05) is 107 Å². The van der Waals surface area contributed by atoms with Crippen molar-refractivity contribution >= 4 is 74.5 Å². The van der Waals surface area contributed by atoms with E-state index in [0.29, 0.717) is 6.71 Å². The van der Waals surface area contributed by atoms with Crippen LogP contribution >= 0.6 is 0 Å². The van der Waals surface area contributed by atoms with E-state index in [-0.39, 0.29) is 51.4 Å². The minimum absolute atomic E-state index is 0. The Bertz CT molecular complexity index is 529. The van der Waals surface area contributed by atoms with Crippen LogP contribution in [0.5, 0.6) is 0 Å². The molecule has 3 aromatic rings. The van der Waals surface area contributed by atoms with E-state index in [0.717, 1.165) is 0 Å². The zero-order valence-electron chi connectivity index (χ0n) is 11.7. The molecule has 0 fully saturated rings. The van der Waals surface area contributed by atoms with Gasteiger partial charge in [-0.15, -0.1) is 0 Å². The molecule has 0 spiro atoms. The minimum Gasteiger partial charge on any atom is -0.0687 e. The van der Waals surface area contributed by atoms with Crippen LogP contribution in [0.1, 0.15) is 0 Å². The minimum atomic E-state index is 0. The molecule has 0 saturated heterocycles. The van der Waals surface area contributed by atoms with Crippen molar-refractivity contribution in [3.63, 3.8) is 0 Å². The van der Waals surface area contributed by atoms with Gasteiger partial charge in [0.25, 0.3) is 0 Å². The standard InChI is InChI=1S/C18H15B.K/c1-4-10-16(11-5-1)19(17-12-6-2-7-13-17)18-14-8-3-9-15-18;/h1-15H;. The molecule has 0 amide bonds. The fraction of sp³-hybridized carbons (Fsp3) is 0. The normalized spacial score (nSPS) is 9.60. The van der Waals surface area contributed by atoms with E-state index >= 15 is 0 Å². The number of hydrogen-bond acceptors (Lipinski definition) is 0. The summed E-state index contributed by atoms with van der Waals surface area (Å²) in [4.78, 5) is 0. The van der Waals surface area contributed by atoms with Gasteiger partial charge >= 0.3 is 0 Å². The molecule has 3 rings (SSSR count). The summed E-state index contributed by atoms with van der Waals surface area (Å²) in [6.07, 6.45) is 0. The van der Waals surface area contributed by atoms with Crippen LogP contribution in [0.15, 0.2) is 91.0 Å². The van der Waals surface area contributed by atoms with E-state index in [1.54, 1.807) is 0 Å². The van der Waals surface area contributed by atoms with Crippen LogP contribution < -0.4 is 16.4 Å². The molecule has 0 bridgehead atoms. The molecule has 1 radical (unpaired) electrons. The molecule has 0 aliphatic carbocycles. The Kier molecular flexibility index (Phi) is 6.27. The maximum Gasteiger partial charge on any atom is 0.241 e. The first-order valence-electron chi connectivity index (χ1n) is 6.60. The van der Waals surface area contributed by atoms with Crippen molar-refractivity contribution in [2.45, 2.75) is 0 Å². The smallest absolute Gasteiger partial charge is 0.0687 e. The molecule has 0 heterocycles. The quantitative estimate of drug-likeness (QED) is 0.642. The van der Waals surface area contributed by atoms with Gasteiger partial charge in [-0.3, -0.25) is 0 Å². The zero-order chi connectivity index (χ0) is 12.9. The second kappa shape index (κ2) is 7.96. The Hall–Kier alpha value is -0.639. The van der Waals surface area contributed by atoms with Crippen molar-refractivity contribution in [1.29, 1.82) is 0 Å². The molecule has 2 heteroatoms. The van der Waals surface area contributed by atoms with Crippen LogP contribution in [0.3, 0.4) is 0 Å². The van der Waals surface area contributed by atoms with Crippen molar-refractivity contribution < 1.29 is 0 Å². The second-order valence-corrected chi connectivity index (χ2v) is 4.67. The van der Waals surface area contributed by atoms with Crippen LogP contribution in [-0.4, -0.2) is 58.1 Å². The Balaban J connectivity index is 0.00000147. The SMILES string of the molecule is [K].c1ccc(B(c2ccccc2)c2ccccc2)cc1. The molecular formula is C18H15BK. The molecule has 0 saturated carbocycles. The van der Waals surface area contributed by atoms with Gasteiger partial charge in [0.15, 0.2) is 0 Å². The van der Waals surface area contributed by atoms with E-state index in [1.807, 2.05) is 0 Å². The number of hydrogen-bond donors (Lipinski definition) is 0. The summed E-state index contributed by atoms with van der Waals surface area (Å²) in [5.74, 6) is 0. The van der Waals surface area contributed by atoms with Crippen LogP contribution in [0.4, 0.5) is 0 Å². The van der Waals surface area contributed by atoms with Crippen LogP contribution in [0.2, 0.25) is 0 Å². The maximum absolute atomic E-state index is 2.20. The molecule has 0 nitrogen and oxygen atoms in total. The first kappa shape index (κ1) is 15.7. The molecule has 91 valence electrons. The maximum atomic E-state index is 2.20. The third-order valence-electron chi connectivity index (χ3n) is 3.40.